The summed E-state index contributed by atoms with van der Waals surface area (Å²) in [6, 6.07) is 6.05. The average Bonchev–Trinajstić information content (AvgIpc) is 2.51. The maximum absolute atomic E-state index is 11.8. The number of nitrogens with two attached hydrogens (primary N) is 1. The van der Waals surface area contributed by atoms with E-state index < -0.39 is 11.9 Å². The average molecular weight is 322 g/mol. The van der Waals surface area contributed by atoms with Gasteiger partial charge >= 0.3 is 5.97 Å². The van der Waals surface area contributed by atoms with Crippen molar-refractivity contribution >= 4 is 17.8 Å². The van der Waals surface area contributed by atoms with E-state index in [1.807, 2.05) is 13.8 Å². The van der Waals surface area contributed by atoms with Gasteiger partial charge in [0.25, 0.3) is 11.8 Å². The highest BCUT2D eigenvalue weighted by Gasteiger charge is 2.12. The monoisotopic (exact) mass is 322 g/mol. The van der Waals surface area contributed by atoms with Crippen LogP contribution in [0, 0.1) is 0 Å². The van der Waals surface area contributed by atoms with E-state index in [1.165, 1.54) is 24.3 Å². The Hall–Kier alpha value is -2.57. The molecule has 0 heterocycles. The Morgan fingerprint density at radius 3 is 2.39 bits per heavy atom. The van der Waals surface area contributed by atoms with Gasteiger partial charge in [-0.2, -0.15) is 0 Å². The minimum absolute atomic E-state index is 0.0490. The molecule has 1 atom stereocenters. The number of ether oxygens (including phenoxy) is 2. The number of nitrogens with one attached hydrogen (secondary N) is 1. The summed E-state index contributed by atoms with van der Waals surface area (Å²) in [4.78, 5) is 34.0. The molecule has 0 aliphatic carbocycles. The Kier molecular flexibility index (Phi) is 7.59. The van der Waals surface area contributed by atoms with Crippen molar-refractivity contribution in [3.63, 3.8) is 0 Å². The number of benzene rings is 1. The highest BCUT2D eigenvalue weighted by Crippen LogP contribution is 2.12. The van der Waals surface area contributed by atoms with Crippen LogP contribution in [0.5, 0.6) is 5.75 Å². The summed E-state index contributed by atoms with van der Waals surface area (Å²) < 4.78 is 10.0. The Morgan fingerprint density at radius 1 is 1.17 bits per heavy atom. The molecule has 1 rings (SSSR count). The first-order chi connectivity index (χ1) is 10.9. The van der Waals surface area contributed by atoms with Crippen LogP contribution in [0.2, 0.25) is 0 Å². The number of carbonyl (C=O) groups excluding carboxylic acids is 3. The van der Waals surface area contributed by atoms with Crippen molar-refractivity contribution in [3.05, 3.63) is 29.8 Å². The summed E-state index contributed by atoms with van der Waals surface area (Å²) in [5.74, 6) is -1.12. The molecule has 0 radical (unpaired) electrons. The van der Waals surface area contributed by atoms with Crippen molar-refractivity contribution in [1.82, 2.24) is 5.32 Å². The number of primary amides is 1. The molecule has 0 fully saturated rings. The van der Waals surface area contributed by atoms with Crippen LogP contribution in [0.1, 0.15) is 37.0 Å². The van der Waals surface area contributed by atoms with Crippen LogP contribution in [0.15, 0.2) is 24.3 Å². The molecule has 2 amide bonds. The van der Waals surface area contributed by atoms with Gasteiger partial charge in [0.05, 0.1) is 5.56 Å². The molecule has 0 spiro atoms. The minimum atomic E-state index is -0.607. The van der Waals surface area contributed by atoms with Gasteiger partial charge in [0.2, 0.25) is 0 Å². The Bertz CT molecular complexity index is 542. The molecule has 1 aromatic rings. The Labute approximate surface area is 135 Å². The minimum Gasteiger partial charge on any atom is -0.484 e. The fourth-order valence-electron chi connectivity index (χ4n) is 1.88. The molecule has 3 N–H and O–H groups in total. The second-order valence-corrected chi connectivity index (χ2v) is 5.11. The van der Waals surface area contributed by atoms with E-state index >= 15 is 0 Å². The van der Waals surface area contributed by atoms with E-state index in [0.29, 0.717) is 5.75 Å². The standard InChI is InChI=1S/C16H22N2O5/c1-3-4-11(2)18-15(20)10-23-16(21)12-5-7-13(8-6-12)22-9-14(17)19/h5-8,11H,3-4,9-10H2,1-2H3,(H2,17,19)(H,18,20). The number of rotatable bonds is 9. The lowest BCUT2D eigenvalue weighted by molar-refractivity contribution is -0.124. The first kappa shape index (κ1) is 18.5. The number of hydrogen-bond acceptors (Lipinski definition) is 5. The third-order valence-corrected chi connectivity index (χ3v) is 2.93. The Morgan fingerprint density at radius 2 is 1.83 bits per heavy atom. The third-order valence-electron chi connectivity index (χ3n) is 2.93. The molecule has 0 saturated carbocycles. The molecule has 0 aromatic heterocycles. The fraction of sp³-hybridized carbons (Fsp3) is 0.438. The molecule has 7 heteroatoms. The number of carbonyl (C=O) groups is 3. The zero-order chi connectivity index (χ0) is 17.2. The predicted octanol–water partition coefficient (Wildman–Crippen LogP) is 1.01. The SMILES string of the molecule is CCCC(C)NC(=O)COC(=O)c1ccc(OCC(N)=O)cc1. The summed E-state index contributed by atoms with van der Waals surface area (Å²) in [7, 11) is 0. The molecule has 23 heavy (non-hydrogen) atoms. The zero-order valence-corrected chi connectivity index (χ0v) is 13.3. The maximum atomic E-state index is 11.8. The summed E-state index contributed by atoms with van der Waals surface area (Å²) in [6.45, 7) is 3.36. The van der Waals surface area contributed by atoms with Gasteiger partial charge in [-0.3, -0.25) is 9.59 Å². The van der Waals surface area contributed by atoms with E-state index in [9.17, 15) is 14.4 Å². The topological polar surface area (TPSA) is 108 Å². The summed E-state index contributed by atoms with van der Waals surface area (Å²) in [6.07, 6.45) is 1.83. The smallest absolute Gasteiger partial charge is 0.338 e. The third kappa shape index (κ3) is 7.30. The molecule has 0 aliphatic heterocycles. The van der Waals surface area contributed by atoms with Crippen LogP contribution in [-0.4, -0.2) is 37.0 Å². The highest BCUT2D eigenvalue weighted by molar-refractivity contribution is 5.91. The Balaban J connectivity index is 2.42. The van der Waals surface area contributed by atoms with Gasteiger partial charge < -0.3 is 20.5 Å². The van der Waals surface area contributed by atoms with E-state index in [0.717, 1.165) is 12.8 Å². The number of hydrogen-bond donors (Lipinski definition) is 2. The number of esters is 1. The van der Waals surface area contributed by atoms with Crippen molar-refractivity contribution in [1.29, 1.82) is 0 Å². The summed E-state index contributed by atoms with van der Waals surface area (Å²) in [5, 5.41) is 2.74. The van der Waals surface area contributed by atoms with Crippen molar-refractivity contribution in [2.45, 2.75) is 32.7 Å². The van der Waals surface area contributed by atoms with Crippen LogP contribution in [0.25, 0.3) is 0 Å². The van der Waals surface area contributed by atoms with Crippen LogP contribution in [0.3, 0.4) is 0 Å². The fourth-order valence-corrected chi connectivity index (χ4v) is 1.88. The normalized spacial score (nSPS) is 11.4. The molecule has 0 bridgehead atoms. The lowest BCUT2D eigenvalue weighted by Crippen LogP contribution is -2.35. The molecular weight excluding hydrogens is 300 g/mol. The van der Waals surface area contributed by atoms with E-state index in [-0.39, 0.29) is 30.7 Å². The lowest BCUT2D eigenvalue weighted by Gasteiger charge is -2.12. The van der Waals surface area contributed by atoms with Crippen molar-refractivity contribution in [2.24, 2.45) is 5.73 Å². The first-order valence-corrected chi connectivity index (χ1v) is 7.40. The van der Waals surface area contributed by atoms with Gasteiger partial charge in [-0.05, 0) is 37.6 Å². The first-order valence-electron chi connectivity index (χ1n) is 7.40. The summed E-state index contributed by atoms with van der Waals surface area (Å²) in [5.41, 5.74) is 5.25. The van der Waals surface area contributed by atoms with Crippen LogP contribution >= 0.6 is 0 Å². The van der Waals surface area contributed by atoms with Crippen LogP contribution in [0.4, 0.5) is 0 Å². The van der Waals surface area contributed by atoms with Crippen molar-refractivity contribution in [3.8, 4) is 5.75 Å². The van der Waals surface area contributed by atoms with E-state index in [4.69, 9.17) is 15.2 Å². The molecule has 7 nitrogen and oxygen atoms in total. The van der Waals surface area contributed by atoms with Gasteiger partial charge in [-0.25, -0.2) is 4.79 Å². The molecular formula is C16H22N2O5. The predicted molar refractivity (Wildman–Crippen MR) is 83.9 cm³/mol. The molecule has 1 unspecified atom stereocenters. The van der Waals surface area contributed by atoms with Crippen molar-refractivity contribution in [2.75, 3.05) is 13.2 Å². The van der Waals surface area contributed by atoms with Crippen LogP contribution < -0.4 is 15.8 Å². The molecule has 1 aromatic carbocycles. The second kappa shape index (κ2) is 9.45. The van der Waals surface area contributed by atoms with Gasteiger partial charge in [-0.1, -0.05) is 13.3 Å². The van der Waals surface area contributed by atoms with Crippen LogP contribution in [-0.2, 0) is 14.3 Å². The molecule has 0 saturated heterocycles. The largest absolute Gasteiger partial charge is 0.484 e. The quantitative estimate of drug-likeness (QED) is 0.660. The van der Waals surface area contributed by atoms with Crippen molar-refractivity contribution < 1.29 is 23.9 Å². The van der Waals surface area contributed by atoms with E-state index in [2.05, 4.69) is 5.32 Å². The van der Waals surface area contributed by atoms with Gasteiger partial charge in [0, 0.05) is 6.04 Å². The van der Waals surface area contributed by atoms with E-state index in [1.54, 1.807) is 0 Å². The number of amides is 2. The van der Waals surface area contributed by atoms with Gasteiger partial charge in [-0.15, -0.1) is 0 Å². The highest BCUT2D eigenvalue weighted by atomic mass is 16.5. The summed E-state index contributed by atoms with van der Waals surface area (Å²) >= 11 is 0. The maximum Gasteiger partial charge on any atom is 0.338 e. The zero-order valence-electron chi connectivity index (χ0n) is 13.3. The molecule has 0 aliphatic rings. The second-order valence-electron chi connectivity index (χ2n) is 5.11. The molecule has 126 valence electrons. The van der Waals surface area contributed by atoms with Gasteiger partial charge in [0.15, 0.2) is 13.2 Å². The van der Waals surface area contributed by atoms with Gasteiger partial charge in [0.1, 0.15) is 5.75 Å². The lowest BCUT2D eigenvalue weighted by atomic mass is 10.2.